The molecule has 0 saturated heterocycles. The summed E-state index contributed by atoms with van der Waals surface area (Å²) in [7, 11) is 0. The number of amides is 1. The molecule has 1 rings (SSSR count). The Labute approximate surface area is 91.2 Å². The number of carboxylic acids is 1. The van der Waals surface area contributed by atoms with Gasteiger partial charge in [-0.15, -0.1) is 0 Å². The van der Waals surface area contributed by atoms with Crippen LogP contribution in [-0.2, 0) is 4.79 Å². The first kappa shape index (κ1) is 11.3. The van der Waals surface area contributed by atoms with Crippen molar-refractivity contribution in [1.82, 2.24) is 0 Å². The van der Waals surface area contributed by atoms with Crippen molar-refractivity contribution in [2.24, 2.45) is 0 Å². The molecule has 0 heterocycles. The molecule has 0 spiro atoms. The Morgan fingerprint density at radius 1 is 1.47 bits per heavy atom. The Morgan fingerprint density at radius 2 is 2.13 bits per heavy atom. The fourth-order valence-electron chi connectivity index (χ4n) is 0.960. The van der Waals surface area contributed by atoms with E-state index in [9.17, 15) is 9.59 Å². The van der Waals surface area contributed by atoms with Crippen LogP contribution >= 0.6 is 11.6 Å². The number of carboxylic acid groups (broad SMARTS) is 1. The second-order valence-corrected chi connectivity index (χ2v) is 3.10. The molecule has 1 aromatic carbocycles. The second-order valence-electron chi connectivity index (χ2n) is 2.69. The van der Waals surface area contributed by atoms with E-state index in [1.165, 1.54) is 18.2 Å². The molecule has 78 valence electrons. The lowest BCUT2D eigenvalue weighted by Gasteiger charge is -2.04. The minimum atomic E-state index is -1.11. The molecule has 5 heteroatoms. The molecule has 2 N–H and O–H groups in total. The van der Waals surface area contributed by atoms with Crippen molar-refractivity contribution in [3.63, 3.8) is 0 Å². The van der Waals surface area contributed by atoms with Crippen molar-refractivity contribution in [1.29, 1.82) is 0 Å². The number of hydrogen-bond acceptors (Lipinski definition) is 2. The number of nitrogens with one attached hydrogen (secondary N) is 1. The van der Waals surface area contributed by atoms with Crippen molar-refractivity contribution in [3.05, 3.63) is 41.4 Å². The molecular formula is C10H8ClNO3. The molecule has 0 aromatic heterocycles. The summed E-state index contributed by atoms with van der Waals surface area (Å²) in [6.45, 7) is 3.29. The van der Waals surface area contributed by atoms with Gasteiger partial charge in [-0.1, -0.05) is 18.2 Å². The molecule has 0 fully saturated rings. The van der Waals surface area contributed by atoms with Crippen molar-refractivity contribution in [2.45, 2.75) is 0 Å². The van der Waals surface area contributed by atoms with Gasteiger partial charge in [0.25, 0.3) is 0 Å². The standard InChI is InChI=1S/C10H8ClNO3/c1-2-9(13)12-6-3-4-7(10(14)15)8(11)5-6/h2-5H,1H2,(H,12,13)(H,14,15). The lowest BCUT2D eigenvalue weighted by Crippen LogP contribution is -2.07. The summed E-state index contributed by atoms with van der Waals surface area (Å²) < 4.78 is 0. The Morgan fingerprint density at radius 3 is 2.60 bits per heavy atom. The first-order valence-electron chi connectivity index (χ1n) is 4.01. The molecule has 0 aliphatic carbocycles. The number of anilines is 1. The highest BCUT2D eigenvalue weighted by Crippen LogP contribution is 2.20. The van der Waals surface area contributed by atoms with Crippen molar-refractivity contribution in [3.8, 4) is 0 Å². The smallest absolute Gasteiger partial charge is 0.337 e. The van der Waals surface area contributed by atoms with Crippen LogP contribution in [0.4, 0.5) is 5.69 Å². The van der Waals surface area contributed by atoms with E-state index in [1.807, 2.05) is 0 Å². The maximum Gasteiger partial charge on any atom is 0.337 e. The molecule has 1 amide bonds. The zero-order valence-corrected chi connectivity index (χ0v) is 8.41. The zero-order valence-electron chi connectivity index (χ0n) is 7.66. The van der Waals surface area contributed by atoms with Crippen LogP contribution in [0.2, 0.25) is 5.02 Å². The van der Waals surface area contributed by atoms with E-state index in [4.69, 9.17) is 16.7 Å². The molecule has 0 aliphatic rings. The third-order valence-corrected chi connectivity index (χ3v) is 1.97. The van der Waals surface area contributed by atoms with Gasteiger partial charge in [0, 0.05) is 5.69 Å². The average molecular weight is 226 g/mol. The highest BCUT2D eigenvalue weighted by molar-refractivity contribution is 6.33. The average Bonchev–Trinajstić information content (AvgIpc) is 2.17. The number of carbonyl (C=O) groups excluding carboxylic acids is 1. The van der Waals surface area contributed by atoms with Gasteiger partial charge in [0.15, 0.2) is 0 Å². The maximum absolute atomic E-state index is 10.9. The number of aromatic carboxylic acids is 1. The van der Waals surface area contributed by atoms with E-state index in [2.05, 4.69) is 11.9 Å². The predicted molar refractivity (Wildman–Crippen MR) is 57.2 cm³/mol. The second kappa shape index (κ2) is 4.61. The number of halogens is 1. The topological polar surface area (TPSA) is 66.4 Å². The van der Waals surface area contributed by atoms with E-state index >= 15 is 0 Å². The fourth-order valence-corrected chi connectivity index (χ4v) is 1.22. The summed E-state index contributed by atoms with van der Waals surface area (Å²) in [6, 6.07) is 4.15. The van der Waals surface area contributed by atoms with Crippen LogP contribution < -0.4 is 5.32 Å². The number of benzene rings is 1. The summed E-state index contributed by atoms with van der Waals surface area (Å²) in [5.74, 6) is -1.49. The van der Waals surface area contributed by atoms with Gasteiger partial charge in [-0.05, 0) is 24.3 Å². The van der Waals surface area contributed by atoms with E-state index in [0.29, 0.717) is 5.69 Å². The van der Waals surface area contributed by atoms with Gasteiger partial charge in [0.2, 0.25) is 5.91 Å². The van der Waals surface area contributed by atoms with Gasteiger partial charge < -0.3 is 10.4 Å². The van der Waals surface area contributed by atoms with Gasteiger partial charge in [-0.3, -0.25) is 4.79 Å². The normalized spacial score (nSPS) is 9.40. The lowest BCUT2D eigenvalue weighted by atomic mass is 10.2. The highest BCUT2D eigenvalue weighted by Gasteiger charge is 2.09. The third-order valence-electron chi connectivity index (χ3n) is 1.65. The number of rotatable bonds is 3. The molecule has 1 aromatic rings. The minimum Gasteiger partial charge on any atom is -0.478 e. The van der Waals surface area contributed by atoms with E-state index in [0.717, 1.165) is 6.08 Å². The molecule has 0 aliphatic heterocycles. The van der Waals surface area contributed by atoms with Crippen LogP contribution in [0.5, 0.6) is 0 Å². The maximum atomic E-state index is 10.9. The molecule has 0 atom stereocenters. The zero-order chi connectivity index (χ0) is 11.4. The summed E-state index contributed by atoms with van der Waals surface area (Å²) in [6.07, 6.45) is 1.11. The monoisotopic (exact) mass is 225 g/mol. The first-order chi connectivity index (χ1) is 7.04. The Balaban J connectivity index is 2.96. The van der Waals surface area contributed by atoms with Crippen LogP contribution in [-0.4, -0.2) is 17.0 Å². The molecule has 0 radical (unpaired) electrons. The summed E-state index contributed by atoms with van der Waals surface area (Å²) in [5.41, 5.74) is 0.420. The van der Waals surface area contributed by atoms with Gasteiger partial charge in [-0.25, -0.2) is 4.79 Å². The Bertz CT molecular complexity index is 429. The van der Waals surface area contributed by atoms with E-state index in [-0.39, 0.29) is 16.5 Å². The summed E-state index contributed by atoms with van der Waals surface area (Å²) in [4.78, 5) is 21.5. The van der Waals surface area contributed by atoms with Crippen molar-refractivity contribution < 1.29 is 14.7 Å². The largest absolute Gasteiger partial charge is 0.478 e. The first-order valence-corrected chi connectivity index (χ1v) is 4.38. The van der Waals surface area contributed by atoms with E-state index < -0.39 is 5.97 Å². The Hall–Kier alpha value is -1.81. The van der Waals surface area contributed by atoms with Gasteiger partial charge in [0.05, 0.1) is 10.6 Å². The number of hydrogen-bond donors (Lipinski definition) is 2. The van der Waals surface area contributed by atoms with Gasteiger partial charge in [-0.2, -0.15) is 0 Å². The Kier molecular flexibility index (Phi) is 3.46. The SMILES string of the molecule is C=CC(=O)Nc1ccc(C(=O)O)c(Cl)c1. The van der Waals surface area contributed by atoms with Gasteiger partial charge in [0.1, 0.15) is 0 Å². The van der Waals surface area contributed by atoms with Crippen LogP contribution in [0.25, 0.3) is 0 Å². The van der Waals surface area contributed by atoms with Crippen LogP contribution in [0.1, 0.15) is 10.4 Å². The van der Waals surface area contributed by atoms with Gasteiger partial charge >= 0.3 is 5.97 Å². The molecular weight excluding hydrogens is 218 g/mol. The highest BCUT2D eigenvalue weighted by atomic mass is 35.5. The fraction of sp³-hybridized carbons (Fsp3) is 0. The molecule has 0 bridgehead atoms. The predicted octanol–water partition coefficient (Wildman–Crippen LogP) is 2.16. The van der Waals surface area contributed by atoms with Crippen LogP contribution in [0, 0.1) is 0 Å². The molecule has 0 unspecified atom stereocenters. The molecule has 15 heavy (non-hydrogen) atoms. The minimum absolute atomic E-state index is 0.00623. The van der Waals surface area contributed by atoms with Crippen LogP contribution in [0.15, 0.2) is 30.9 Å². The summed E-state index contributed by atoms with van der Waals surface area (Å²) in [5, 5.41) is 11.2. The van der Waals surface area contributed by atoms with E-state index in [1.54, 1.807) is 0 Å². The molecule has 0 saturated carbocycles. The number of carbonyl (C=O) groups is 2. The third kappa shape index (κ3) is 2.82. The van der Waals surface area contributed by atoms with Crippen LogP contribution in [0.3, 0.4) is 0 Å². The molecule has 4 nitrogen and oxygen atoms in total. The quantitative estimate of drug-likeness (QED) is 0.775. The van der Waals surface area contributed by atoms with Crippen molar-refractivity contribution in [2.75, 3.05) is 5.32 Å². The lowest BCUT2D eigenvalue weighted by molar-refractivity contribution is -0.111. The van der Waals surface area contributed by atoms with Crippen molar-refractivity contribution >= 4 is 29.2 Å². The summed E-state index contributed by atoms with van der Waals surface area (Å²) >= 11 is 5.69.